The van der Waals surface area contributed by atoms with Crippen LogP contribution in [0.1, 0.15) is 10.4 Å². The van der Waals surface area contributed by atoms with Crippen molar-refractivity contribution in [3.63, 3.8) is 0 Å². The molecular formula is C20H14N6O6. The third-order valence-electron chi connectivity index (χ3n) is 4.53. The number of aromatic nitrogens is 3. The fraction of sp³-hybridized carbons (Fsp3) is 0.0500. The molecule has 0 fully saturated rings. The molecule has 12 heteroatoms. The Hall–Kier alpha value is -4.87. The molecule has 0 radical (unpaired) electrons. The first-order chi connectivity index (χ1) is 15.3. The predicted molar refractivity (Wildman–Crippen MR) is 113 cm³/mol. The number of ether oxygens (including phenoxy) is 1. The van der Waals surface area contributed by atoms with Gasteiger partial charge in [-0.3, -0.25) is 25.0 Å². The van der Waals surface area contributed by atoms with Gasteiger partial charge in [0.1, 0.15) is 16.8 Å². The van der Waals surface area contributed by atoms with Gasteiger partial charge in [0.2, 0.25) is 0 Å². The molecule has 0 aliphatic carbocycles. The van der Waals surface area contributed by atoms with Crippen LogP contribution in [0.25, 0.3) is 16.7 Å². The van der Waals surface area contributed by atoms with Crippen LogP contribution in [-0.2, 0) is 0 Å². The fourth-order valence-electron chi connectivity index (χ4n) is 2.96. The van der Waals surface area contributed by atoms with Crippen LogP contribution >= 0.6 is 0 Å². The Morgan fingerprint density at radius 3 is 2.12 bits per heavy atom. The third-order valence-corrected chi connectivity index (χ3v) is 4.53. The zero-order chi connectivity index (χ0) is 22.8. The number of fused-ring (bicyclic) bond motifs is 1. The first-order valence-electron chi connectivity index (χ1n) is 9.11. The lowest BCUT2D eigenvalue weighted by Gasteiger charge is -2.05. The second-order valence-corrected chi connectivity index (χ2v) is 6.60. The molecule has 1 aromatic heterocycles. The van der Waals surface area contributed by atoms with Crippen LogP contribution in [0.2, 0.25) is 0 Å². The number of nitro benzene ring substituents is 2. The van der Waals surface area contributed by atoms with Gasteiger partial charge in [0, 0.05) is 17.8 Å². The molecule has 160 valence electrons. The maximum absolute atomic E-state index is 12.6. The average Bonchev–Trinajstić information content (AvgIpc) is 3.22. The van der Waals surface area contributed by atoms with Gasteiger partial charge in [0.15, 0.2) is 0 Å². The summed E-state index contributed by atoms with van der Waals surface area (Å²) in [5, 5.41) is 33.4. The second-order valence-electron chi connectivity index (χ2n) is 6.60. The zero-order valence-electron chi connectivity index (χ0n) is 16.5. The normalized spacial score (nSPS) is 10.7. The molecule has 4 aromatic rings. The molecular weight excluding hydrogens is 420 g/mol. The molecule has 0 saturated heterocycles. The van der Waals surface area contributed by atoms with Gasteiger partial charge in [-0.25, -0.2) is 0 Å². The quantitative estimate of drug-likeness (QED) is 0.357. The van der Waals surface area contributed by atoms with E-state index in [2.05, 4.69) is 15.5 Å². The van der Waals surface area contributed by atoms with E-state index in [-0.39, 0.29) is 5.56 Å². The summed E-state index contributed by atoms with van der Waals surface area (Å²) in [4.78, 5) is 34.5. The molecule has 0 aliphatic heterocycles. The molecule has 1 N–H and O–H groups in total. The standard InChI is InChI=1S/C20H14N6O6/c1-32-17-5-3-14(4-6-17)24-22-18-7-2-13(10-19(18)23-24)21-20(27)12-8-15(25(28)29)11-16(9-12)26(30)31/h2-11H,1H3,(H,21,27). The minimum absolute atomic E-state index is 0.215. The maximum Gasteiger partial charge on any atom is 0.277 e. The predicted octanol–water partition coefficient (Wildman–Crippen LogP) is 3.50. The molecule has 0 bridgehead atoms. The highest BCUT2D eigenvalue weighted by Gasteiger charge is 2.20. The van der Waals surface area contributed by atoms with Gasteiger partial charge in [0.25, 0.3) is 17.3 Å². The summed E-state index contributed by atoms with van der Waals surface area (Å²) in [6.45, 7) is 0. The summed E-state index contributed by atoms with van der Waals surface area (Å²) in [5.41, 5.74) is 0.792. The fourth-order valence-corrected chi connectivity index (χ4v) is 2.96. The maximum atomic E-state index is 12.6. The van der Waals surface area contributed by atoms with Gasteiger partial charge in [0.05, 0.1) is 34.3 Å². The Labute approximate surface area is 179 Å². The van der Waals surface area contributed by atoms with E-state index in [0.29, 0.717) is 28.2 Å². The largest absolute Gasteiger partial charge is 0.497 e. The minimum Gasteiger partial charge on any atom is -0.497 e. The number of anilines is 1. The Morgan fingerprint density at radius 2 is 1.53 bits per heavy atom. The smallest absolute Gasteiger partial charge is 0.277 e. The summed E-state index contributed by atoms with van der Waals surface area (Å²) in [5.74, 6) is -0.0458. The molecule has 1 amide bonds. The van der Waals surface area contributed by atoms with Crippen LogP contribution < -0.4 is 10.1 Å². The molecule has 0 saturated carbocycles. The Balaban J connectivity index is 1.61. The highest BCUT2D eigenvalue weighted by molar-refractivity contribution is 6.05. The Kier molecular flexibility index (Phi) is 5.17. The summed E-state index contributed by atoms with van der Waals surface area (Å²) >= 11 is 0. The van der Waals surface area contributed by atoms with Gasteiger partial charge < -0.3 is 10.1 Å². The second kappa shape index (κ2) is 8.10. The van der Waals surface area contributed by atoms with E-state index in [1.165, 1.54) is 4.80 Å². The number of nitro groups is 2. The molecule has 0 atom stereocenters. The number of hydrogen-bond donors (Lipinski definition) is 1. The molecule has 12 nitrogen and oxygen atoms in total. The van der Waals surface area contributed by atoms with Crippen molar-refractivity contribution in [3.05, 3.63) is 86.5 Å². The number of benzene rings is 3. The van der Waals surface area contributed by atoms with Gasteiger partial charge in [-0.15, -0.1) is 10.2 Å². The van der Waals surface area contributed by atoms with Gasteiger partial charge in [-0.1, -0.05) is 0 Å². The van der Waals surface area contributed by atoms with Crippen LogP contribution in [0.4, 0.5) is 17.1 Å². The molecule has 0 aliphatic rings. The van der Waals surface area contributed by atoms with Crippen LogP contribution in [0.5, 0.6) is 5.75 Å². The van der Waals surface area contributed by atoms with Crippen LogP contribution in [0, 0.1) is 20.2 Å². The van der Waals surface area contributed by atoms with Crippen LogP contribution in [0.3, 0.4) is 0 Å². The van der Waals surface area contributed by atoms with E-state index in [0.717, 1.165) is 18.2 Å². The van der Waals surface area contributed by atoms with Crippen molar-refractivity contribution in [2.24, 2.45) is 0 Å². The number of amides is 1. The molecule has 3 aromatic carbocycles. The Bertz CT molecular complexity index is 1330. The third kappa shape index (κ3) is 4.05. The van der Waals surface area contributed by atoms with Gasteiger partial charge in [-0.05, 0) is 42.5 Å². The minimum atomic E-state index is -0.798. The van der Waals surface area contributed by atoms with Gasteiger partial charge >= 0.3 is 0 Å². The number of carbonyl (C=O) groups excluding carboxylic acids is 1. The molecule has 1 heterocycles. The van der Waals surface area contributed by atoms with Crippen molar-refractivity contribution in [2.45, 2.75) is 0 Å². The van der Waals surface area contributed by atoms with E-state index in [1.807, 2.05) is 0 Å². The summed E-state index contributed by atoms with van der Waals surface area (Å²) in [6, 6.07) is 14.7. The topological polar surface area (TPSA) is 155 Å². The van der Waals surface area contributed by atoms with Crippen molar-refractivity contribution < 1.29 is 19.4 Å². The number of carbonyl (C=O) groups is 1. The van der Waals surface area contributed by atoms with E-state index in [1.54, 1.807) is 49.6 Å². The average molecular weight is 434 g/mol. The number of nitrogens with zero attached hydrogens (tertiary/aromatic N) is 5. The molecule has 0 spiro atoms. The number of rotatable bonds is 6. The van der Waals surface area contributed by atoms with Crippen molar-refractivity contribution >= 4 is 34.0 Å². The summed E-state index contributed by atoms with van der Waals surface area (Å²) in [7, 11) is 1.57. The lowest BCUT2D eigenvalue weighted by atomic mass is 10.1. The number of non-ortho nitro benzene ring substituents is 2. The summed E-state index contributed by atoms with van der Waals surface area (Å²) < 4.78 is 5.13. The van der Waals surface area contributed by atoms with E-state index < -0.39 is 27.1 Å². The highest BCUT2D eigenvalue weighted by atomic mass is 16.6. The van der Waals surface area contributed by atoms with Crippen molar-refractivity contribution in [3.8, 4) is 11.4 Å². The number of nitrogens with one attached hydrogen (secondary N) is 1. The first kappa shape index (κ1) is 20.4. The first-order valence-corrected chi connectivity index (χ1v) is 9.11. The van der Waals surface area contributed by atoms with Crippen molar-refractivity contribution in [2.75, 3.05) is 12.4 Å². The van der Waals surface area contributed by atoms with E-state index in [4.69, 9.17) is 4.74 Å². The highest BCUT2D eigenvalue weighted by Crippen LogP contribution is 2.24. The van der Waals surface area contributed by atoms with Crippen LogP contribution in [-0.4, -0.2) is 37.9 Å². The van der Waals surface area contributed by atoms with E-state index in [9.17, 15) is 25.0 Å². The zero-order valence-corrected chi connectivity index (χ0v) is 16.5. The lowest BCUT2D eigenvalue weighted by Crippen LogP contribution is -2.12. The van der Waals surface area contributed by atoms with Gasteiger partial charge in [-0.2, -0.15) is 4.80 Å². The van der Waals surface area contributed by atoms with E-state index >= 15 is 0 Å². The molecule has 0 unspecified atom stereocenters. The van der Waals surface area contributed by atoms with Crippen molar-refractivity contribution in [1.29, 1.82) is 0 Å². The van der Waals surface area contributed by atoms with Crippen molar-refractivity contribution in [1.82, 2.24) is 15.0 Å². The molecule has 32 heavy (non-hydrogen) atoms. The molecule has 4 rings (SSSR count). The SMILES string of the molecule is COc1ccc(-n2nc3ccc(NC(=O)c4cc([N+](=O)[O-])cc([N+](=O)[O-])c4)cc3n2)cc1. The van der Waals surface area contributed by atoms with Crippen LogP contribution in [0.15, 0.2) is 60.7 Å². The Morgan fingerprint density at radius 1 is 0.906 bits per heavy atom. The number of methoxy groups -OCH3 is 1. The lowest BCUT2D eigenvalue weighted by molar-refractivity contribution is -0.394. The summed E-state index contributed by atoms with van der Waals surface area (Å²) in [6.07, 6.45) is 0. The monoisotopic (exact) mass is 434 g/mol. The number of hydrogen-bond acceptors (Lipinski definition) is 8.